The van der Waals surface area contributed by atoms with E-state index in [9.17, 15) is 5.11 Å². The number of likely N-dealkylation sites (tertiary alicyclic amines) is 1. The molecule has 1 aliphatic heterocycles. The van der Waals surface area contributed by atoms with E-state index in [1.54, 1.807) is 0 Å². The first-order valence-electron chi connectivity index (χ1n) is 7.54. The number of rotatable bonds is 6. The number of aliphatic hydroxyl groups is 1. The summed E-state index contributed by atoms with van der Waals surface area (Å²) in [6, 6.07) is 0. The van der Waals surface area contributed by atoms with Gasteiger partial charge in [-0.15, -0.1) is 0 Å². The van der Waals surface area contributed by atoms with Crippen molar-refractivity contribution in [2.45, 2.75) is 53.1 Å². The van der Waals surface area contributed by atoms with Crippen molar-refractivity contribution in [3.63, 3.8) is 0 Å². The summed E-state index contributed by atoms with van der Waals surface area (Å²) < 4.78 is 0. The summed E-state index contributed by atoms with van der Waals surface area (Å²) in [6.45, 7) is 14.0. The van der Waals surface area contributed by atoms with E-state index in [2.05, 4.69) is 37.9 Å². The lowest BCUT2D eigenvalue weighted by Crippen LogP contribution is -2.44. The van der Waals surface area contributed by atoms with Crippen LogP contribution >= 0.6 is 0 Å². The largest absolute Gasteiger partial charge is 0.390 e. The van der Waals surface area contributed by atoms with Gasteiger partial charge >= 0.3 is 0 Å². The van der Waals surface area contributed by atoms with Crippen molar-refractivity contribution in [3.8, 4) is 0 Å². The first kappa shape index (κ1) is 15.9. The van der Waals surface area contributed by atoms with Gasteiger partial charge in [0.25, 0.3) is 0 Å². The molecule has 0 saturated carbocycles. The summed E-state index contributed by atoms with van der Waals surface area (Å²) in [7, 11) is 0. The molecule has 0 radical (unpaired) electrons. The number of hydrogen-bond donors (Lipinski definition) is 2. The Kier molecular flexibility index (Phi) is 6.61. The van der Waals surface area contributed by atoms with Gasteiger partial charge < -0.3 is 15.3 Å². The van der Waals surface area contributed by atoms with E-state index in [0.717, 1.165) is 45.1 Å². The molecule has 1 rings (SSSR count). The van der Waals surface area contributed by atoms with Crippen molar-refractivity contribution < 1.29 is 5.11 Å². The molecule has 1 atom stereocenters. The Morgan fingerprint density at radius 3 is 2.39 bits per heavy atom. The molecule has 1 unspecified atom stereocenters. The lowest BCUT2D eigenvalue weighted by molar-refractivity contribution is 0.0655. The average molecular weight is 256 g/mol. The van der Waals surface area contributed by atoms with Gasteiger partial charge in [-0.25, -0.2) is 0 Å². The number of nitrogens with zero attached hydrogens (tertiary/aromatic N) is 1. The van der Waals surface area contributed by atoms with Crippen molar-refractivity contribution in [2.75, 3.05) is 32.7 Å². The molecule has 0 amide bonds. The topological polar surface area (TPSA) is 35.5 Å². The van der Waals surface area contributed by atoms with Gasteiger partial charge in [0.1, 0.15) is 0 Å². The highest BCUT2D eigenvalue weighted by Gasteiger charge is 2.29. The molecule has 108 valence electrons. The normalized spacial score (nSPS) is 21.2. The van der Waals surface area contributed by atoms with Crippen LogP contribution in [-0.2, 0) is 0 Å². The van der Waals surface area contributed by atoms with E-state index in [1.165, 1.54) is 12.8 Å². The molecule has 1 saturated heterocycles. The van der Waals surface area contributed by atoms with E-state index >= 15 is 0 Å². The molecule has 3 heteroatoms. The molecule has 0 aromatic carbocycles. The van der Waals surface area contributed by atoms with E-state index in [1.807, 2.05) is 0 Å². The third-order valence-electron chi connectivity index (χ3n) is 4.09. The molecule has 0 aromatic rings. The Morgan fingerprint density at radius 1 is 1.28 bits per heavy atom. The van der Waals surface area contributed by atoms with Crippen LogP contribution in [0.1, 0.15) is 47.0 Å². The van der Waals surface area contributed by atoms with Crippen molar-refractivity contribution in [2.24, 2.45) is 11.3 Å². The van der Waals surface area contributed by atoms with Gasteiger partial charge in [0.15, 0.2) is 0 Å². The molecular formula is C15H32N2O. The van der Waals surface area contributed by atoms with Gasteiger partial charge in [-0.05, 0) is 50.2 Å². The lowest BCUT2D eigenvalue weighted by atomic mass is 9.75. The Morgan fingerprint density at radius 2 is 1.89 bits per heavy atom. The second kappa shape index (κ2) is 7.46. The van der Waals surface area contributed by atoms with Crippen LogP contribution in [0.15, 0.2) is 0 Å². The summed E-state index contributed by atoms with van der Waals surface area (Å²) in [4.78, 5) is 2.42. The van der Waals surface area contributed by atoms with Gasteiger partial charge in [0, 0.05) is 13.1 Å². The number of nitrogens with one attached hydrogen (secondary N) is 1. The van der Waals surface area contributed by atoms with E-state index in [4.69, 9.17) is 0 Å². The van der Waals surface area contributed by atoms with Crippen LogP contribution in [-0.4, -0.2) is 48.8 Å². The first-order valence-corrected chi connectivity index (χ1v) is 7.54. The van der Waals surface area contributed by atoms with Crippen LogP contribution in [0.5, 0.6) is 0 Å². The Balaban J connectivity index is 2.19. The average Bonchev–Trinajstić information content (AvgIpc) is 2.29. The quantitative estimate of drug-likeness (QED) is 0.715. The maximum atomic E-state index is 9.95. The second-order valence-electron chi connectivity index (χ2n) is 6.80. The van der Waals surface area contributed by atoms with Gasteiger partial charge in [-0.2, -0.15) is 0 Å². The SMILES string of the molecule is CCCNCC(O)CN1CCC(C(C)(C)C)CC1. The van der Waals surface area contributed by atoms with Crippen molar-refractivity contribution >= 4 is 0 Å². The van der Waals surface area contributed by atoms with E-state index in [0.29, 0.717) is 5.41 Å². The lowest BCUT2D eigenvalue weighted by Gasteiger charge is -2.39. The molecule has 1 heterocycles. The minimum Gasteiger partial charge on any atom is -0.390 e. The molecule has 3 nitrogen and oxygen atoms in total. The van der Waals surface area contributed by atoms with Gasteiger partial charge in [0.2, 0.25) is 0 Å². The summed E-state index contributed by atoms with van der Waals surface area (Å²) in [5.41, 5.74) is 0.438. The van der Waals surface area contributed by atoms with Gasteiger partial charge in [-0.3, -0.25) is 0 Å². The molecule has 0 spiro atoms. The highest BCUT2D eigenvalue weighted by atomic mass is 16.3. The molecule has 1 fully saturated rings. The maximum Gasteiger partial charge on any atom is 0.0791 e. The summed E-state index contributed by atoms with van der Waals surface area (Å²) in [5.74, 6) is 0.837. The molecule has 18 heavy (non-hydrogen) atoms. The second-order valence-corrected chi connectivity index (χ2v) is 6.80. The van der Waals surface area contributed by atoms with Gasteiger partial charge in [0.05, 0.1) is 6.10 Å². The van der Waals surface area contributed by atoms with Crippen LogP contribution < -0.4 is 5.32 Å². The van der Waals surface area contributed by atoms with Crippen molar-refractivity contribution in [1.82, 2.24) is 10.2 Å². The number of β-amino-alcohol motifs (C(OH)–C–C–N with tert-alkyl or cyclic N) is 1. The molecule has 0 aliphatic carbocycles. The Hall–Kier alpha value is -0.120. The van der Waals surface area contributed by atoms with Crippen molar-refractivity contribution in [1.29, 1.82) is 0 Å². The number of piperidine rings is 1. The summed E-state index contributed by atoms with van der Waals surface area (Å²) in [5, 5.41) is 13.2. The Bertz CT molecular complexity index is 217. The fraction of sp³-hybridized carbons (Fsp3) is 1.00. The molecule has 2 N–H and O–H groups in total. The van der Waals surface area contributed by atoms with Crippen LogP contribution in [0.4, 0.5) is 0 Å². The highest BCUT2D eigenvalue weighted by molar-refractivity contribution is 4.81. The molecular weight excluding hydrogens is 224 g/mol. The summed E-state index contributed by atoms with van der Waals surface area (Å²) in [6.07, 6.45) is 3.46. The van der Waals surface area contributed by atoms with Crippen LogP contribution in [0.25, 0.3) is 0 Å². The predicted molar refractivity (Wildman–Crippen MR) is 77.8 cm³/mol. The zero-order chi connectivity index (χ0) is 13.6. The zero-order valence-electron chi connectivity index (χ0n) is 12.7. The van der Waals surface area contributed by atoms with E-state index < -0.39 is 0 Å². The number of aliphatic hydroxyl groups excluding tert-OH is 1. The van der Waals surface area contributed by atoms with Crippen LogP contribution in [0.3, 0.4) is 0 Å². The molecule has 0 bridgehead atoms. The maximum absolute atomic E-state index is 9.95. The molecule has 1 aliphatic rings. The van der Waals surface area contributed by atoms with Crippen molar-refractivity contribution in [3.05, 3.63) is 0 Å². The predicted octanol–water partition coefficient (Wildman–Crippen LogP) is 2.10. The fourth-order valence-electron chi connectivity index (χ4n) is 2.79. The standard InChI is InChI=1S/C15H32N2O/c1-5-8-16-11-14(18)12-17-9-6-13(7-10-17)15(2,3)4/h13-14,16,18H,5-12H2,1-4H3. The highest BCUT2D eigenvalue weighted by Crippen LogP contribution is 2.34. The monoisotopic (exact) mass is 256 g/mol. The smallest absolute Gasteiger partial charge is 0.0791 e. The fourth-order valence-corrected chi connectivity index (χ4v) is 2.79. The zero-order valence-corrected chi connectivity index (χ0v) is 12.7. The van der Waals surface area contributed by atoms with Crippen LogP contribution in [0, 0.1) is 11.3 Å². The third kappa shape index (κ3) is 5.68. The minimum absolute atomic E-state index is 0.220. The van der Waals surface area contributed by atoms with E-state index in [-0.39, 0.29) is 6.10 Å². The minimum atomic E-state index is -0.220. The third-order valence-corrected chi connectivity index (χ3v) is 4.09. The Labute approximate surface area is 113 Å². The van der Waals surface area contributed by atoms with Crippen LogP contribution in [0.2, 0.25) is 0 Å². The first-order chi connectivity index (χ1) is 8.43. The number of hydrogen-bond acceptors (Lipinski definition) is 3. The van der Waals surface area contributed by atoms with Gasteiger partial charge in [-0.1, -0.05) is 27.7 Å². The molecule has 0 aromatic heterocycles. The summed E-state index contributed by atoms with van der Waals surface area (Å²) >= 11 is 0.